The fraction of sp³-hybridized carbons (Fsp3) is 0.583. The van der Waals surface area contributed by atoms with Gasteiger partial charge in [0, 0.05) is 12.1 Å². The minimum Gasteiger partial charge on any atom is -0.363 e. The highest BCUT2D eigenvalue weighted by molar-refractivity contribution is 5.48. The van der Waals surface area contributed by atoms with Crippen molar-refractivity contribution >= 4 is 11.5 Å². The van der Waals surface area contributed by atoms with Crippen molar-refractivity contribution in [2.24, 2.45) is 11.7 Å². The molecule has 1 atom stereocenters. The smallest absolute Gasteiger partial charge is 0.290 e. The highest BCUT2D eigenvalue weighted by Gasteiger charge is 2.27. The van der Waals surface area contributed by atoms with Crippen LogP contribution in [0.1, 0.15) is 26.3 Å². The van der Waals surface area contributed by atoms with Gasteiger partial charge in [-0.25, -0.2) is 4.98 Å². The van der Waals surface area contributed by atoms with E-state index in [9.17, 15) is 10.1 Å². The Morgan fingerprint density at radius 1 is 1.61 bits per heavy atom. The molecular formula is C12H20N4O2. The summed E-state index contributed by atoms with van der Waals surface area (Å²) in [5.74, 6) is 0.930. The van der Waals surface area contributed by atoms with Gasteiger partial charge >= 0.3 is 0 Å². The van der Waals surface area contributed by atoms with Gasteiger partial charge in [-0.3, -0.25) is 10.1 Å². The van der Waals surface area contributed by atoms with Crippen LogP contribution >= 0.6 is 0 Å². The first kappa shape index (κ1) is 14.4. The molecule has 18 heavy (non-hydrogen) atoms. The number of hydrogen-bond donors (Lipinski definition) is 2. The Labute approximate surface area is 107 Å². The van der Waals surface area contributed by atoms with Crippen molar-refractivity contribution in [3.05, 3.63) is 27.9 Å². The second-order valence-corrected chi connectivity index (χ2v) is 5.01. The minimum absolute atomic E-state index is 0.0274. The maximum atomic E-state index is 10.7. The summed E-state index contributed by atoms with van der Waals surface area (Å²) in [6.07, 6.45) is 1.27. The lowest BCUT2D eigenvalue weighted by Crippen LogP contribution is -2.47. The van der Waals surface area contributed by atoms with Crippen molar-refractivity contribution in [1.29, 1.82) is 0 Å². The largest absolute Gasteiger partial charge is 0.363 e. The molecule has 0 aliphatic rings. The maximum absolute atomic E-state index is 10.7. The number of nitrogens with zero attached hydrogens (tertiary/aromatic N) is 2. The molecule has 0 amide bonds. The lowest BCUT2D eigenvalue weighted by molar-refractivity contribution is -0.385. The van der Waals surface area contributed by atoms with Crippen molar-refractivity contribution < 1.29 is 4.92 Å². The van der Waals surface area contributed by atoms with E-state index in [0.29, 0.717) is 23.8 Å². The molecular weight excluding hydrogens is 232 g/mol. The second-order valence-electron chi connectivity index (χ2n) is 5.01. The van der Waals surface area contributed by atoms with Crippen LogP contribution in [0.3, 0.4) is 0 Å². The van der Waals surface area contributed by atoms with E-state index in [1.165, 1.54) is 6.20 Å². The summed E-state index contributed by atoms with van der Waals surface area (Å²) in [6, 6.07) is 1.68. The standard InChI is InChI=1S/C12H20N4O2/c1-8(2)12(4,7-13)15-11-5-9(3)10(6-14-11)16(17)18/h5-6,8H,7,13H2,1-4H3,(H,14,15). The van der Waals surface area contributed by atoms with Gasteiger partial charge in [-0.1, -0.05) is 13.8 Å². The van der Waals surface area contributed by atoms with Gasteiger partial charge in [0.15, 0.2) is 0 Å². The van der Waals surface area contributed by atoms with Crippen LogP contribution in [0.5, 0.6) is 0 Å². The zero-order valence-electron chi connectivity index (χ0n) is 11.2. The number of nitro groups is 1. The molecule has 1 aromatic heterocycles. The topological polar surface area (TPSA) is 94.1 Å². The first-order chi connectivity index (χ1) is 8.30. The Morgan fingerprint density at radius 3 is 2.61 bits per heavy atom. The summed E-state index contributed by atoms with van der Waals surface area (Å²) in [4.78, 5) is 14.3. The molecule has 6 nitrogen and oxygen atoms in total. The van der Waals surface area contributed by atoms with Crippen LogP contribution < -0.4 is 11.1 Å². The molecule has 1 rings (SSSR count). The second kappa shape index (κ2) is 5.30. The summed E-state index contributed by atoms with van der Waals surface area (Å²) in [6.45, 7) is 8.30. The van der Waals surface area contributed by atoms with Gasteiger partial charge in [-0.15, -0.1) is 0 Å². The van der Waals surface area contributed by atoms with E-state index in [1.54, 1.807) is 13.0 Å². The van der Waals surface area contributed by atoms with E-state index in [0.717, 1.165) is 0 Å². The van der Waals surface area contributed by atoms with Crippen molar-refractivity contribution in [3.63, 3.8) is 0 Å². The van der Waals surface area contributed by atoms with Gasteiger partial charge in [0.1, 0.15) is 12.0 Å². The molecule has 1 unspecified atom stereocenters. The molecule has 0 bridgehead atoms. The Morgan fingerprint density at radius 2 is 2.22 bits per heavy atom. The quantitative estimate of drug-likeness (QED) is 0.618. The van der Waals surface area contributed by atoms with Crippen LogP contribution in [0, 0.1) is 23.0 Å². The molecule has 0 saturated carbocycles. The predicted octanol–water partition coefficient (Wildman–Crippen LogP) is 2.08. The number of nitrogens with two attached hydrogens (primary N) is 1. The van der Waals surface area contributed by atoms with Crippen LogP contribution in [-0.2, 0) is 0 Å². The summed E-state index contributed by atoms with van der Waals surface area (Å²) in [7, 11) is 0. The molecule has 3 N–H and O–H groups in total. The van der Waals surface area contributed by atoms with E-state index in [2.05, 4.69) is 24.1 Å². The highest BCUT2D eigenvalue weighted by Crippen LogP contribution is 2.24. The molecule has 6 heteroatoms. The van der Waals surface area contributed by atoms with E-state index in [4.69, 9.17) is 5.73 Å². The number of aromatic nitrogens is 1. The first-order valence-electron chi connectivity index (χ1n) is 5.89. The van der Waals surface area contributed by atoms with Crippen molar-refractivity contribution in [1.82, 2.24) is 4.98 Å². The van der Waals surface area contributed by atoms with Crippen molar-refractivity contribution in [2.75, 3.05) is 11.9 Å². The van der Waals surface area contributed by atoms with Gasteiger partial charge in [0.05, 0.1) is 10.5 Å². The number of rotatable bonds is 5. The predicted molar refractivity (Wildman–Crippen MR) is 71.5 cm³/mol. The monoisotopic (exact) mass is 252 g/mol. The van der Waals surface area contributed by atoms with Gasteiger partial charge in [0.2, 0.25) is 0 Å². The zero-order valence-corrected chi connectivity index (χ0v) is 11.2. The van der Waals surface area contributed by atoms with Crippen LogP contribution in [0.2, 0.25) is 0 Å². The number of hydrogen-bond acceptors (Lipinski definition) is 5. The Hall–Kier alpha value is -1.69. The Balaban J connectivity index is 2.99. The zero-order chi connectivity index (χ0) is 13.9. The molecule has 1 heterocycles. The first-order valence-corrected chi connectivity index (χ1v) is 5.89. The van der Waals surface area contributed by atoms with Gasteiger partial charge in [0.25, 0.3) is 5.69 Å². The fourth-order valence-corrected chi connectivity index (χ4v) is 1.53. The third-order valence-corrected chi connectivity index (χ3v) is 3.39. The molecule has 0 fully saturated rings. The SMILES string of the molecule is Cc1cc(NC(C)(CN)C(C)C)ncc1[N+](=O)[O-]. The average molecular weight is 252 g/mol. The summed E-state index contributed by atoms with van der Waals surface area (Å²) in [5.41, 5.74) is 6.10. The summed E-state index contributed by atoms with van der Waals surface area (Å²) >= 11 is 0. The van der Waals surface area contributed by atoms with E-state index < -0.39 is 4.92 Å². The number of aryl methyl sites for hydroxylation is 1. The number of anilines is 1. The van der Waals surface area contributed by atoms with Crippen LogP contribution in [0.25, 0.3) is 0 Å². The maximum Gasteiger partial charge on any atom is 0.290 e. The highest BCUT2D eigenvalue weighted by atomic mass is 16.6. The molecule has 0 spiro atoms. The molecule has 0 saturated heterocycles. The molecule has 0 aliphatic carbocycles. The molecule has 0 aliphatic heterocycles. The fourth-order valence-electron chi connectivity index (χ4n) is 1.53. The molecule has 0 radical (unpaired) electrons. The Bertz CT molecular complexity index is 448. The average Bonchev–Trinajstić information content (AvgIpc) is 2.28. The summed E-state index contributed by atoms with van der Waals surface area (Å²) in [5, 5.41) is 14.0. The minimum atomic E-state index is -0.434. The van der Waals surface area contributed by atoms with Gasteiger partial charge < -0.3 is 11.1 Å². The van der Waals surface area contributed by atoms with Gasteiger partial charge in [-0.05, 0) is 25.8 Å². The number of nitrogens with one attached hydrogen (secondary N) is 1. The van der Waals surface area contributed by atoms with Crippen LogP contribution in [0.15, 0.2) is 12.3 Å². The van der Waals surface area contributed by atoms with Gasteiger partial charge in [-0.2, -0.15) is 0 Å². The molecule has 1 aromatic rings. The van der Waals surface area contributed by atoms with E-state index in [-0.39, 0.29) is 11.2 Å². The molecule has 0 aromatic carbocycles. The van der Waals surface area contributed by atoms with E-state index >= 15 is 0 Å². The lowest BCUT2D eigenvalue weighted by atomic mass is 9.88. The third kappa shape index (κ3) is 2.95. The normalized spacial score (nSPS) is 14.3. The summed E-state index contributed by atoms with van der Waals surface area (Å²) < 4.78 is 0. The van der Waals surface area contributed by atoms with Crippen LogP contribution in [-0.4, -0.2) is 22.0 Å². The Kier molecular flexibility index (Phi) is 4.24. The third-order valence-electron chi connectivity index (χ3n) is 3.39. The van der Waals surface area contributed by atoms with E-state index in [1.807, 2.05) is 6.92 Å². The number of pyridine rings is 1. The van der Waals surface area contributed by atoms with Crippen molar-refractivity contribution in [3.8, 4) is 0 Å². The molecule has 100 valence electrons. The van der Waals surface area contributed by atoms with Crippen molar-refractivity contribution in [2.45, 2.75) is 33.2 Å². The lowest BCUT2D eigenvalue weighted by Gasteiger charge is -2.34. The van der Waals surface area contributed by atoms with Crippen LogP contribution in [0.4, 0.5) is 11.5 Å².